The van der Waals surface area contributed by atoms with E-state index < -0.39 is 17.1 Å². The molecule has 2 N–H and O–H groups in total. The van der Waals surface area contributed by atoms with E-state index in [2.05, 4.69) is 15.3 Å². The van der Waals surface area contributed by atoms with Crippen molar-refractivity contribution in [2.75, 3.05) is 6.26 Å². The predicted molar refractivity (Wildman–Crippen MR) is 85.6 cm³/mol. The summed E-state index contributed by atoms with van der Waals surface area (Å²) in [7, 11) is 0. The van der Waals surface area contributed by atoms with Crippen LogP contribution >= 0.6 is 35.0 Å². The lowest BCUT2D eigenvalue weighted by Gasteiger charge is -2.07. The highest BCUT2D eigenvalue weighted by atomic mass is 35.5. The largest absolute Gasteiger partial charge is 0.506 e. The van der Waals surface area contributed by atoms with Crippen molar-refractivity contribution in [1.29, 1.82) is 0 Å². The molecule has 0 fully saturated rings. The average Bonchev–Trinajstić information content (AvgIpc) is 2.51. The number of aryl methyl sites for hydroxylation is 1. The van der Waals surface area contributed by atoms with Crippen LogP contribution in [0.15, 0.2) is 21.1 Å². The minimum Gasteiger partial charge on any atom is -0.506 e. The zero-order chi connectivity index (χ0) is 16.4. The first-order valence-electron chi connectivity index (χ1n) is 5.81. The van der Waals surface area contributed by atoms with Gasteiger partial charge in [0.1, 0.15) is 16.5 Å². The molecular weight excluding hydrogens is 351 g/mol. The molecule has 10 heteroatoms. The van der Waals surface area contributed by atoms with Crippen LogP contribution in [0.25, 0.3) is 0 Å². The van der Waals surface area contributed by atoms with E-state index in [4.69, 9.17) is 23.2 Å². The summed E-state index contributed by atoms with van der Waals surface area (Å²) in [5.74, 6) is -0.828. The Bertz CT molecular complexity index is 823. The zero-order valence-electron chi connectivity index (χ0n) is 11.4. The maximum absolute atomic E-state index is 12.0. The van der Waals surface area contributed by atoms with Gasteiger partial charge in [0.15, 0.2) is 5.75 Å². The van der Waals surface area contributed by atoms with E-state index in [0.29, 0.717) is 0 Å². The number of thioether (sulfide) groups is 1. The summed E-state index contributed by atoms with van der Waals surface area (Å²) in [6.45, 7) is 1.51. The Morgan fingerprint density at radius 2 is 2.00 bits per heavy atom. The van der Waals surface area contributed by atoms with Crippen LogP contribution in [-0.2, 0) is 0 Å². The number of hydrogen-bond donors (Lipinski definition) is 2. The van der Waals surface area contributed by atoms with Crippen molar-refractivity contribution in [2.24, 2.45) is 5.10 Å². The number of phenolic OH excluding ortho intramolecular Hbond substituents is 2. The van der Waals surface area contributed by atoms with Crippen LogP contribution in [0.2, 0.25) is 10.0 Å². The minimum absolute atomic E-state index is 0.0503. The summed E-state index contributed by atoms with van der Waals surface area (Å²) in [6, 6.07) is 1.27. The van der Waals surface area contributed by atoms with Crippen molar-refractivity contribution in [1.82, 2.24) is 14.9 Å². The molecule has 0 unspecified atom stereocenters. The highest BCUT2D eigenvalue weighted by molar-refractivity contribution is 7.98. The number of benzene rings is 1. The summed E-state index contributed by atoms with van der Waals surface area (Å²) in [4.78, 5) is 12.0. The van der Waals surface area contributed by atoms with E-state index in [1.165, 1.54) is 31.0 Å². The molecule has 0 bridgehead atoms. The van der Waals surface area contributed by atoms with Crippen LogP contribution in [0.5, 0.6) is 11.5 Å². The number of halogens is 2. The molecule has 1 aromatic carbocycles. The van der Waals surface area contributed by atoms with Gasteiger partial charge < -0.3 is 10.2 Å². The van der Waals surface area contributed by atoms with Crippen LogP contribution in [-0.4, -0.2) is 37.6 Å². The zero-order valence-corrected chi connectivity index (χ0v) is 13.7. The molecule has 2 aromatic rings. The Morgan fingerprint density at radius 3 is 2.64 bits per heavy atom. The quantitative estimate of drug-likeness (QED) is 0.643. The Hall–Kier alpha value is -1.77. The molecule has 0 saturated carbocycles. The smallest absolute Gasteiger partial charge is 0.296 e. The number of nitrogens with zero attached hydrogens (tertiary/aromatic N) is 4. The number of phenols is 2. The van der Waals surface area contributed by atoms with Gasteiger partial charge in [-0.2, -0.15) is 9.78 Å². The fourth-order valence-electron chi connectivity index (χ4n) is 1.51. The summed E-state index contributed by atoms with van der Waals surface area (Å²) < 4.78 is 1.04. The fourth-order valence-corrected chi connectivity index (χ4v) is 2.40. The normalized spacial score (nSPS) is 11.3. The molecule has 22 heavy (non-hydrogen) atoms. The van der Waals surface area contributed by atoms with Gasteiger partial charge in [-0.05, 0) is 19.2 Å². The number of aromatic nitrogens is 3. The number of rotatable bonds is 3. The fraction of sp³-hybridized carbons (Fsp3) is 0.167. The molecular formula is C12H10Cl2N4O3S. The first-order chi connectivity index (χ1) is 10.4. The lowest BCUT2D eigenvalue weighted by atomic mass is 10.2. The van der Waals surface area contributed by atoms with Crippen molar-refractivity contribution < 1.29 is 10.2 Å². The second kappa shape index (κ2) is 6.55. The van der Waals surface area contributed by atoms with Crippen LogP contribution < -0.4 is 5.56 Å². The molecule has 1 aromatic heterocycles. The van der Waals surface area contributed by atoms with Gasteiger partial charge in [0.2, 0.25) is 5.16 Å². The van der Waals surface area contributed by atoms with Crippen LogP contribution in [0.1, 0.15) is 11.3 Å². The summed E-state index contributed by atoms with van der Waals surface area (Å²) in [6.07, 6.45) is 2.91. The topological polar surface area (TPSA) is 101 Å². The first-order valence-corrected chi connectivity index (χ1v) is 7.79. The van der Waals surface area contributed by atoms with Crippen LogP contribution in [0.4, 0.5) is 0 Å². The number of hydrogen-bond acceptors (Lipinski definition) is 7. The Balaban J connectivity index is 2.55. The van der Waals surface area contributed by atoms with Gasteiger partial charge >= 0.3 is 0 Å². The van der Waals surface area contributed by atoms with Crippen molar-refractivity contribution in [3.8, 4) is 11.5 Å². The summed E-state index contributed by atoms with van der Waals surface area (Å²) in [5, 5.41) is 30.9. The van der Waals surface area contributed by atoms with Crippen molar-refractivity contribution in [3.05, 3.63) is 37.7 Å². The van der Waals surface area contributed by atoms with Crippen molar-refractivity contribution in [3.63, 3.8) is 0 Å². The van der Waals surface area contributed by atoms with Crippen molar-refractivity contribution >= 4 is 41.2 Å². The van der Waals surface area contributed by atoms with E-state index in [9.17, 15) is 15.0 Å². The van der Waals surface area contributed by atoms with Gasteiger partial charge in [-0.25, -0.2) is 0 Å². The SMILES string of the molecule is CSc1nnc(C)c(=O)n1/N=C\c1cc(Cl)c(O)c(Cl)c1O. The van der Waals surface area contributed by atoms with Gasteiger partial charge in [0.25, 0.3) is 5.56 Å². The lowest BCUT2D eigenvalue weighted by molar-refractivity contribution is 0.450. The van der Waals surface area contributed by atoms with Crippen LogP contribution in [0.3, 0.4) is 0 Å². The summed E-state index contributed by atoms with van der Waals surface area (Å²) >= 11 is 12.7. The van der Waals surface area contributed by atoms with Gasteiger partial charge in [-0.15, -0.1) is 10.2 Å². The molecule has 0 aliphatic carbocycles. The second-order valence-corrected chi connectivity index (χ2v) is 5.65. The third-order valence-corrected chi connectivity index (χ3v) is 3.93. The predicted octanol–water partition coefficient (Wildman–Crippen LogP) is 2.27. The van der Waals surface area contributed by atoms with E-state index in [0.717, 1.165) is 4.68 Å². The average molecular weight is 361 g/mol. The Morgan fingerprint density at radius 1 is 1.32 bits per heavy atom. The molecule has 0 radical (unpaired) electrons. The molecule has 0 aliphatic rings. The van der Waals surface area contributed by atoms with Gasteiger partial charge in [-0.1, -0.05) is 35.0 Å². The lowest BCUT2D eigenvalue weighted by Crippen LogP contribution is -2.23. The third-order valence-electron chi connectivity index (χ3n) is 2.66. The Kier molecular flexibility index (Phi) is 4.94. The Labute approximate surface area is 139 Å². The molecule has 2 rings (SSSR count). The van der Waals surface area contributed by atoms with Gasteiger partial charge in [0.05, 0.1) is 11.2 Å². The standard InChI is InChI=1S/C12H10Cl2N4O3S/c1-5-11(21)18(12(22-2)17-16-5)15-4-6-3-7(13)10(20)8(14)9(6)19/h3-4,19-20H,1-2H3/b15-4-. The van der Waals surface area contributed by atoms with Gasteiger partial charge in [-0.3, -0.25) is 4.79 Å². The second-order valence-electron chi connectivity index (χ2n) is 4.09. The van der Waals surface area contributed by atoms with E-state index in [1.807, 2.05) is 0 Å². The summed E-state index contributed by atoms with van der Waals surface area (Å²) in [5.41, 5.74) is -0.117. The highest BCUT2D eigenvalue weighted by Gasteiger charge is 2.14. The molecule has 116 valence electrons. The molecule has 0 saturated heterocycles. The minimum atomic E-state index is -0.439. The molecule has 0 spiro atoms. The maximum Gasteiger partial charge on any atom is 0.296 e. The van der Waals surface area contributed by atoms with E-state index >= 15 is 0 Å². The molecule has 0 atom stereocenters. The molecule has 0 aliphatic heterocycles. The highest BCUT2D eigenvalue weighted by Crippen LogP contribution is 2.40. The van der Waals surface area contributed by atoms with Crippen molar-refractivity contribution in [2.45, 2.75) is 12.1 Å². The monoisotopic (exact) mass is 360 g/mol. The number of aromatic hydroxyl groups is 2. The maximum atomic E-state index is 12.0. The van der Waals surface area contributed by atoms with Crippen LogP contribution in [0, 0.1) is 6.92 Å². The molecule has 0 amide bonds. The first kappa shape index (κ1) is 16.6. The molecule has 7 nitrogen and oxygen atoms in total. The molecule has 1 heterocycles. The third kappa shape index (κ3) is 3.03. The van der Waals surface area contributed by atoms with E-state index in [1.54, 1.807) is 6.26 Å². The van der Waals surface area contributed by atoms with E-state index in [-0.39, 0.29) is 26.5 Å². The van der Waals surface area contributed by atoms with Gasteiger partial charge in [0, 0.05) is 5.56 Å².